The number of terminal acetylenes is 1. The number of nitrogens with two attached hydrogens (primary N) is 1. The minimum Gasteiger partial charge on any atom is -0.369 e. The molecule has 0 saturated heterocycles. The first-order valence-electron chi connectivity index (χ1n) is 10.5. The van der Waals surface area contributed by atoms with Gasteiger partial charge in [0.1, 0.15) is 23.2 Å². The zero-order valence-electron chi connectivity index (χ0n) is 18.0. The molecule has 2 N–H and O–H groups in total. The van der Waals surface area contributed by atoms with Crippen LogP contribution in [0.4, 0.5) is 8.78 Å². The highest BCUT2D eigenvalue weighted by Crippen LogP contribution is 2.41. The lowest BCUT2D eigenvalue weighted by Crippen LogP contribution is -2.33. The molecule has 0 spiro atoms. The number of aryl methyl sites for hydroxylation is 1. The number of aromatic nitrogens is 1. The predicted octanol–water partition coefficient (Wildman–Crippen LogP) is 3.85. The van der Waals surface area contributed by atoms with Crippen LogP contribution < -0.4 is 5.73 Å². The number of carbonyl (C=O) groups excluding carboxylic acids is 3. The maximum atomic E-state index is 14.2. The van der Waals surface area contributed by atoms with Crippen molar-refractivity contribution in [2.45, 2.75) is 45.4 Å². The highest BCUT2D eigenvalue weighted by molar-refractivity contribution is 6.16. The number of halogens is 2. The normalized spacial score (nSPS) is 19.1. The molecule has 1 saturated carbocycles. The Morgan fingerprint density at radius 2 is 2.03 bits per heavy atom. The SMILES string of the molecule is C#Cc1cc(-c2ncc(F)cc2F)cc(C)c1C1C(=O)CC(C(CCCC)C(N)=O)C1=O. The second kappa shape index (κ2) is 9.39. The largest absolute Gasteiger partial charge is 0.369 e. The number of hydrogen-bond donors (Lipinski definition) is 1. The molecule has 1 aliphatic rings. The molecule has 1 fully saturated rings. The summed E-state index contributed by atoms with van der Waals surface area (Å²) in [6.45, 7) is 3.63. The van der Waals surface area contributed by atoms with Crippen LogP contribution in [0.3, 0.4) is 0 Å². The number of primary amides is 1. The van der Waals surface area contributed by atoms with Crippen LogP contribution in [0.25, 0.3) is 11.3 Å². The Bertz CT molecular complexity index is 1140. The van der Waals surface area contributed by atoms with Gasteiger partial charge in [0.15, 0.2) is 11.6 Å². The molecule has 3 unspecified atom stereocenters. The highest BCUT2D eigenvalue weighted by atomic mass is 19.1. The van der Waals surface area contributed by atoms with E-state index < -0.39 is 35.3 Å². The molecule has 1 aromatic carbocycles. The summed E-state index contributed by atoms with van der Waals surface area (Å²) in [5, 5.41) is 0. The van der Waals surface area contributed by atoms with E-state index in [1.807, 2.05) is 6.92 Å². The van der Waals surface area contributed by atoms with E-state index >= 15 is 0 Å². The van der Waals surface area contributed by atoms with Gasteiger partial charge in [-0.3, -0.25) is 19.4 Å². The van der Waals surface area contributed by atoms with Crippen LogP contribution in [0.5, 0.6) is 0 Å². The molecule has 3 atom stereocenters. The lowest BCUT2D eigenvalue weighted by atomic mass is 9.82. The van der Waals surface area contributed by atoms with E-state index in [-0.39, 0.29) is 29.2 Å². The Morgan fingerprint density at radius 1 is 1.31 bits per heavy atom. The van der Waals surface area contributed by atoms with Gasteiger partial charge < -0.3 is 5.73 Å². The number of amides is 1. The predicted molar refractivity (Wildman–Crippen MR) is 115 cm³/mol. The molecule has 166 valence electrons. The first-order chi connectivity index (χ1) is 15.2. The second-order valence-electron chi connectivity index (χ2n) is 8.15. The van der Waals surface area contributed by atoms with E-state index in [9.17, 15) is 23.2 Å². The minimum absolute atomic E-state index is 0.0693. The molecule has 0 bridgehead atoms. The summed E-state index contributed by atoms with van der Waals surface area (Å²) in [6, 6.07) is 3.74. The molecule has 1 aliphatic carbocycles. The van der Waals surface area contributed by atoms with Crippen molar-refractivity contribution in [3.05, 3.63) is 52.7 Å². The van der Waals surface area contributed by atoms with E-state index in [0.29, 0.717) is 23.1 Å². The molecule has 3 rings (SSSR count). The molecular formula is C25H24F2N2O3. The van der Waals surface area contributed by atoms with Gasteiger partial charge in [-0.15, -0.1) is 6.42 Å². The topological polar surface area (TPSA) is 90.1 Å². The van der Waals surface area contributed by atoms with Gasteiger partial charge in [0.2, 0.25) is 5.91 Å². The number of pyridine rings is 1. The van der Waals surface area contributed by atoms with Crippen LogP contribution >= 0.6 is 0 Å². The molecular weight excluding hydrogens is 414 g/mol. The van der Waals surface area contributed by atoms with Crippen molar-refractivity contribution in [3.8, 4) is 23.6 Å². The quantitative estimate of drug-likeness (QED) is 0.525. The maximum absolute atomic E-state index is 14.2. The van der Waals surface area contributed by atoms with E-state index in [4.69, 9.17) is 12.2 Å². The number of benzene rings is 1. The summed E-state index contributed by atoms with van der Waals surface area (Å²) in [7, 11) is 0. The first kappa shape index (κ1) is 23.3. The number of rotatable bonds is 7. The van der Waals surface area contributed by atoms with E-state index in [1.165, 1.54) is 6.07 Å². The number of carbonyl (C=O) groups is 3. The monoisotopic (exact) mass is 438 g/mol. The zero-order chi connectivity index (χ0) is 23.6. The standard InChI is InChI=1S/C25H24F2N2O3/c1-4-6-7-17(25(28)32)18-11-20(30)22(24(18)31)21-13(3)8-15(9-14(21)5-2)23-19(27)10-16(26)12-29-23/h2,8-10,12,17-18,22H,4,6-7,11H2,1,3H3,(H2,28,32). The van der Waals surface area contributed by atoms with Crippen LogP contribution in [0.15, 0.2) is 24.4 Å². The van der Waals surface area contributed by atoms with E-state index in [1.54, 1.807) is 13.0 Å². The van der Waals surface area contributed by atoms with Gasteiger partial charge in [0.25, 0.3) is 0 Å². The van der Waals surface area contributed by atoms with Crippen molar-refractivity contribution in [2.75, 3.05) is 0 Å². The third kappa shape index (κ3) is 4.31. The average Bonchev–Trinajstić information content (AvgIpc) is 3.01. The first-order valence-corrected chi connectivity index (χ1v) is 10.5. The van der Waals surface area contributed by atoms with Gasteiger partial charge in [-0.1, -0.05) is 25.7 Å². The van der Waals surface area contributed by atoms with Gasteiger partial charge in [-0.2, -0.15) is 0 Å². The van der Waals surface area contributed by atoms with Crippen LogP contribution in [-0.2, 0) is 14.4 Å². The van der Waals surface area contributed by atoms with Gasteiger partial charge >= 0.3 is 0 Å². The van der Waals surface area contributed by atoms with E-state index in [0.717, 1.165) is 25.1 Å². The number of Topliss-reactive ketones (excluding diaryl/α,β-unsaturated/α-hetero) is 2. The summed E-state index contributed by atoms with van der Waals surface area (Å²) in [5.41, 5.74) is 6.89. The van der Waals surface area contributed by atoms with Gasteiger partial charge in [0.05, 0.1) is 6.20 Å². The summed E-state index contributed by atoms with van der Waals surface area (Å²) in [4.78, 5) is 42.0. The van der Waals surface area contributed by atoms with Crippen LogP contribution in [0.1, 0.15) is 55.2 Å². The molecule has 5 nitrogen and oxygen atoms in total. The number of unbranched alkanes of at least 4 members (excludes halogenated alkanes) is 1. The third-order valence-electron chi connectivity index (χ3n) is 6.03. The third-order valence-corrected chi connectivity index (χ3v) is 6.03. The Hall–Kier alpha value is -3.40. The number of hydrogen-bond acceptors (Lipinski definition) is 4. The Balaban J connectivity index is 2.04. The van der Waals surface area contributed by atoms with Crippen molar-refractivity contribution in [3.63, 3.8) is 0 Å². The molecule has 1 heterocycles. The smallest absolute Gasteiger partial charge is 0.221 e. The lowest BCUT2D eigenvalue weighted by molar-refractivity contribution is -0.131. The van der Waals surface area contributed by atoms with Crippen LogP contribution in [0.2, 0.25) is 0 Å². The zero-order valence-corrected chi connectivity index (χ0v) is 18.0. The van der Waals surface area contributed by atoms with Crippen molar-refractivity contribution in [1.82, 2.24) is 4.98 Å². The minimum atomic E-state index is -1.10. The van der Waals surface area contributed by atoms with Crippen molar-refractivity contribution in [1.29, 1.82) is 0 Å². The molecule has 7 heteroatoms. The fourth-order valence-electron chi connectivity index (χ4n) is 4.48. The van der Waals surface area contributed by atoms with Gasteiger partial charge in [0, 0.05) is 35.4 Å². The lowest BCUT2D eigenvalue weighted by Gasteiger charge is -2.20. The molecule has 1 amide bonds. The summed E-state index contributed by atoms with van der Waals surface area (Å²) >= 11 is 0. The molecule has 0 radical (unpaired) electrons. The average molecular weight is 438 g/mol. The number of ketones is 2. The highest BCUT2D eigenvalue weighted by Gasteiger charge is 2.47. The Morgan fingerprint density at radius 3 is 2.62 bits per heavy atom. The van der Waals surface area contributed by atoms with Crippen molar-refractivity contribution >= 4 is 17.5 Å². The summed E-state index contributed by atoms with van der Waals surface area (Å²) < 4.78 is 27.5. The van der Waals surface area contributed by atoms with E-state index in [2.05, 4.69) is 10.9 Å². The second-order valence-corrected chi connectivity index (χ2v) is 8.15. The van der Waals surface area contributed by atoms with Crippen molar-refractivity contribution in [2.24, 2.45) is 17.6 Å². The fraction of sp³-hybridized carbons (Fsp3) is 0.360. The number of nitrogens with zero attached hydrogens (tertiary/aromatic N) is 1. The molecule has 0 aliphatic heterocycles. The fourth-order valence-corrected chi connectivity index (χ4v) is 4.48. The van der Waals surface area contributed by atoms with Crippen molar-refractivity contribution < 1.29 is 23.2 Å². The Kier molecular flexibility index (Phi) is 6.83. The maximum Gasteiger partial charge on any atom is 0.221 e. The summed E-state index contributed by atoms with van der Waals surface area (Å²) in [5.74, 6) is -3.05. The summed E-state index contributed by atoms with van der Waals surface area (Å²) in [6.07, 6.45) is 8.49. The van der Waals surface area contributed by atoms with Gasteiger partial charge in [-0.05, 0) is 36.6 Å². The van der Waals surface area contributed by atoms with Crippen LogP contribution in [0, 0.1) is 42.7 Å². The Labute approximate surface area is 185 Å². The molecule has 2 aromatic rings. The van der Waals surface area contributed by atoms with Gasteiger partial charge in [-0.25, -0.2) is 8.78 Å². The van der Waals surface area contributed by atoms with Crippen LogP contribution in [-0.4, -0.2) is 22.5 Å². The molecule has 1 aromatic heterocycles. The molecule has 32 heavy (non-hydrogen) atoms.